The monoisotopic (exact) mass is 612 g/mol. The van der Waals surface area contributed by atoms with Crippen LogP contribution in [0.1, 0.15) is 65.4 Å². The van der Waals surface area contributed by atoms with Gasteiger partial charge in [-0.1, -0.05) is 26.6 Å². The summed E-state index contributed by atoms with van der Waals surface area (Å²) in [6.45, 7) is 15.2. The minimum Gasteiger partial charge on any atom is -0.0253 e. The number of unbranched alkanes of at least 4 members (excludes halogenated alkanes) is 1. The van der Waals surface area contributed by atoms with Gasteiger partial charge in [0.05, 0.1) is 0 Å². The molecule has 200 valence electrons. The summed E-state index contributed by atoms with van der Waals surface area (Å²) < 4.78 is 13.0. The Balaban J connectivity index is 3.00. The summed E-state index contributed by atoms with van der Waals surface area (Å²) >= 11 is -2.08. The van der Waals surface area contributed by atoms with Crippen LogP contribution in [0, 0.1) is 11.8 Å². The number of hydrogen-bond donors (Lipinski definition) is 0. The van der Waals surface area contributed by atoms with Crippen LogP contribution in [0.4, 0.5) is 0 Å². The van der Waals surface area contributed by atoms with E-state index in [4.69, 9.17) is 9.47 Å². The van der Waals surface area contributed by atoms with E-state index in [0.717, 1.165) is 31.7 Å². The Hall–Kier alpha value is -0.824. The molecule has 1 aromatic carbocycles. The molecule has 0 aliphatic carbocycles. The van der Waals surface area contributed by atoms with Crippen molar-refractivity contribution in [3.05, 3.63) is 29.8 Å². The number of benzene rings is 1. The summed E-state index contributed by atoms with van der Waals surface area (Å²) in [5.41, 5.74) is 0.709. The van der Waals surface area contributed by atoms with E-state index >= 15 is 0 Å². The predicted octanol–water partition coefficient (Wildman–Crippen LogP) is 7.20. The van der Waals surface area contributed by atoms with Crippen LogP contribution >= 0.6 is 0 Å². The molecule has 1 rings (SSSR count). The normalized spacial score (nSPS) is 14.3. The molecule has 0 N–H and O–H groups in total. The Kier molecular flexibility index (Phi) is 13.1. The number of hydrogen-bond acceptors (Lipinski definition) is 4. The van der Waals surface area contributed by atoms with E-state index in [1.54, 1.807) is 0 Å². The number of aryl methyl sites for hydroxylation is 1. The molecule has 0 aliphatic heterocycles. The number of ether oxygens (including phenoxy) is 2. The molecule has 0 heterocycles. The summed E-state index contributed by atoms with van der Waals surface area (Å²) in [4.78, 5) is 33.5. The van der Waals surface area contributed by atoms with E-state index in [1.165, 1.54) is 9.14 Å². The van der Waals surface area contributed by atoms with Crippen molar-refractivity contribution in [2.24, 2.45) is 11.8 Å². The Morgan fingerprint density at radius 2 is 1.51 bits per heavy atom. The smallest absolute Gasteiger partial charge is 0.0253 e. The Labute approximate surface area is 220 Å². The van der Waals surface area contributed by atoms with Crippen LogP contribution in [0.3, 0.4) is 0 Å². The average molecular weight is 612 g/mol. The molecule has 0 bridgehead atoms. The molecule has 4 nitrogen and oxygen atoms in total. The molecule has 0 aromatic heterocycles. The van der Waals surface area contributed by atoms with Crippen LogP contribution in [0.25, 0.3) is 0 Å². The molecule has 0 saturated heterocycles. The fraction of sp³-hybridized carbons (Fsp3) is 0.724. The molecule has 0 radical (unpaired) electrons. The van der Waals surface area contributed by atoms with Crippen LogP contribution < -0.4 is 3.58 Å². The zero-order valence-electron chi connectivity index (χ0n) is 24.3. The van der Waals surface area contributed by atoms with E-state index in [-0.39, 0.29) is 23.8 Å². The topological polar surface area (TPSA) is 52.6 Å². The Bertz CT molecular complexity index is 785. The van der Waals surface area contributed by atoms with Gasteiger partial charge in [0, 0.05) is 0 Å². The molecule has 2 atom stereocenters. The summed E-state index contributed by atoms with van der Waals surface area (Å²) in [5, 5.41) is 0. The molecule has 0 saturated carbocycles. The zero-order chi connectivity index (χ0) is 26.9. The first-order chi connectivity index (χ1) is 16.0. The maximum atomic E-state index is 13.2. The standard InChI is InChI=1S/C26H43O4Si.3CH3.Sn/c1-8-9-15-22(25(28)30-26(2,3)4)20-23(17-16-21-13-11-10-12-14-21)24(27)29-18-19-31(5,6)7;;;;/h11-14,22-23H,8-9,15-20H2,1-7H3;3*1H3;/t22-,23+;;;;/m0..../s1. The third-order valence-electron chi connectivity index (χ3n) is 6.25. The molecule has 6 heteroatoms. The third-order valence-corrected chi connectivity index (χ3v) is 13.8. The number of carbonyl (C=O) groups excluding carboxylic acids is 2. The summed E-state index contributed by atoms with van der Waals surface area (Å²) in [6.07, 6.45) is 4.70. The minimum atomic E-state index is -2.08. The third kappa shape index (κ3) is 13.9. The van der Waals surface area contributed by atoms with Gasteiger partial charge in [0.2, 0.25) is 0 Å². The van der Waals surface area contributed by atoms with Crippen molar-refractivity contribution in [1.82, 2.24) is 0 Å². The van der Waals surface area contributed by atoms with Crippen molar-refractivity contribution < 1.29 is 19.1 Å². The quantitative estimate of drug-likeness (QED) is 0.165. The Morgan fingerprint density at radius 3 is 2.00 bits per heavy atom. The van der Waals surface area contributed by atoms with E-state index in [1.807, 2.05) is 20.8 Å². The van der Waals surface area contributed by atoms with Crippen LogP contribution in [0.15, 0.2) is 24.3 Å². The second kappa shape index (κ2) is 14.2. The van der Waals surface area contributed by atoms with Gasteiger partial charge in [0.15, 0.2) is 0 Å². The van der Waals surface area contributed by atoms with Gasteiger partial charge in [-0.2, -0.15) is 0 Å². The van der Waals surface area contributed by atoms with E-state index in [2.05, 4.69) is 65.6 Å². The van der Waals surface area contributed by atoms with Crippen LogP contribution in [0.2, 0.25) is 40.5 Å². The molecule has 1 aromatic rings. The molecule has 0 amide bonds. The predicted molar refractivity (Wildman–Crippen MR) is 154 cm³/mol. The van der Waals surface area contributed by atoms with Gasteiger partial charge >= 0.3 is 174 Å². The van der Waals surface area contributed by atoms with Crippen LogP contribution in [-0.2, 0) is 25.5 Å². The summed E-state index contributed by atoms with van der Waals surface area (Å²) in [7, 11) is -1.29. The van der Waals surface area contributed by atoms with Crippen molar-refractivity contribution in [2.45, 2.75) is 112 Å². The fourth-order valence-electron chi connectivity index (χ4n) is 3.93. The number of esters is 2. The van der Waals surface area contributed by atoms with Gasteiger partial charge in [-0.25, -0.2) is 0 Å². The fourth-order valence-corrected chi connectivity index (χ4v) is 7.98. The van der Waals surface area contributed by atoms with Crippen molar-refractivity contribution >= 4 is 42.0 Å². The van der Waals surface area contributed by atoms with E-state index in [0.29, 0.717) is 19.4 Å². The SMILES string of the molecule is CCCC[C@@H](C[C@@H](CCc1cc[c]([Sn]([CH3])([CH3])[CH3])cc1)C(=O)OCC[Si](C)(C)C)C(=O)OC(C)(C)C. The van der Waals surface area contributed by atoms with Gasteiger partial charge < -0.3 is 0 Å². The molecule has 0 unspecified atom stereocenters. The first kappa shape index (κ1) is 32.2. The van der Waals surface area contributed by atoms with Crippen molar-refractivity contribution in [2.75, 3.05) is 6.61 Å². The number of rotatable bonds is 14. The Morgan fingerprint density at radius 1 is 0.943 bits per heavy atom. The molecule has 35 heavy (non-hydrogen) atoms. The van der Waals surface area contributed by atoms with E-state index < -0.39 is 32.1 Å². The summed E-state index contributed by atoms with van der Waals surface area (Å²) in [5.74, 6) is -0.919. The molecule has 0 fully saturated rings. The first-order valence-electron chi connectivity index (χ1n) is 13.5. The van der Waals surface area contributed by atoms with Crippen molar-refractivity contribution in [3.8, 4) is 0 Å². The van der Waals surface area contributed by atoms with Gasteiger partial charge in [-0.15, -0.1) is 0 Å². The molecule has 0 spiro atoms. The van der Waals surface area contributed by atoms with Gasteiger partial charge in [0.25, 0.3) is 0 Å². The van der Waals surface area contributed by atoms with Crippen molar-refractivity contribution in [3.63, 3.8) is 0 Å². The van der Waals surface area contributed by atoms with Crippen molar-refractivity contribution in [1.29, 1.82) is 0 Å². The molecule has 0 aliphatic rings. The van der Waals surface area contributed by atoms with E-state index in [9.17, 15) is 9.59 Å². The second-order valence-electron chi connectivity index (χ2n) is 13.3. The van der Waals surface area contributed by atoms with Gasteiger partial charge in [0.1, 0.15) is 0 Å². The van der Waals surface area contributed by atoms with Gasteiger partial charge in [-0.05, 0) is 20.8 Å². The minimum absolute atomic E-state index is 0.157. The second-order valence-corrected chi connectivity index (χ2v) is 33.4. The average Bonchev–Trinajstić information content (AvgIpc) is 2.70. The maximum absolute atomic E-state index is 13.2. The summed E-state index contributed by atoms with van der Waals surface area (Å²) in [6, 6.07) is 9.94. The van der Waals surface area contributed by atoms with Crippen LogP contribution in [-0.4, -0.2) is 50.6 Å². The van der Waals surface area contributed by atoms with Gasteiger partial charge in [-0.3, -0.25) is 0 Å². The van der Waals surface area contributed by atoms with Crippen LogP contribution in [0.5, 0.6) is 0 Å². The first-order valence-corrected chi connectivity index (χ1v) is 27.2. The zero-order valence-corrected chi connectivity index (χ0v) is 28.1. The molecular formula is C29H52O4SiSn. The number of carbonyl (C=O) groups is 2. The molecular weight excluding hydrogens is 559 g/mol.